The minimum atomic E-state index is -3.98. The zero-order valence-corrected chi connectivity index (χ0v) is 16.4. The number of sulfonamides is 1. The molecule has 0 unspecified atom stereocenters. The van der Waals surface area contributed by atoms with E-state index in [1.54, 1.807) is 6.33 Å². The third-order valence-electron chi connectivity index (χ3n) is 4.03. The summed E-state index contributed by atoms with van der Waals surface area (Å²) in [6.45, 7) is 0.853. The van der Waals surface area contributed by atoms with E-state index in [1.807, 2.05) is 4.57 Å². The molecule has 0 bridgehead atoms. The molecule has 0 aliphatic heterocycles. The molecule has 1 aromatic carbocycles. The van der Waals surface area contributed by atoms with Gasteiger partial charge in [-0.15, -0.1) is 10.2 Å². The Hall–Kier alpha value is -1.98. The summed E-state index contributed by atoms with van der Waals surface area (Å²) in [5, 5.41) is 15.9. The highest BCUT2D eigenvalue weighted by molar-refractivity contribution is 9.10. The Balaban J connectivity index is 1.73. The molecule has 26 heavy (non-hydrogen) atoms. The van der Waals surface area contributed by atoms with Crippen molar-refractivity contribution in [2.45, 2.75) is 30.2 Å². The normalized spacial score (nSPS) is 14.3. The molecule has 9 nitrogen and oxygen atoms in total. The number of carbonyl (C=O) groups excluding carboxylic acids is 1. The molecule has 3 rings (SSSR count). The lowest BCUT2D eigenvalue weighted by Crippen LogP contribution is -2.28. The molecule has 1 heterocycles. The molecule has 1 aliphatic carbocycles. The lowest BCUT2D eigenvalue weighted by Gasteiger charge is -2.13. The summed E-state index contributed by atoms with van der Waals surface area (Å²) in [6, 6.07) is 2.60. The molecule has 140 valence electrons. The molecule has 0 radical (unpaired) electrons. The third-order valence-corrected chi connectivity index (χ3v) is 5.90. The Morgan fingerprint density at radius 3 is 2.81 bits per heavy atom. The highest BCUT2D eigenvalue weighted by atomic mass is 79.9. The molecule has 0 saturated heterocycles. The van der Waals surface area contributed by atoms with E-state index < -0.39 is 15.9 Å². The van der Waals surface area contributed by atoms with Gasteiger partial charge in [0.2, 0.25) is 10.0 Å². The molecule has 11 heteroatoms. The minimum Gasteiger partial charge on any atom is -0.496 e. The van der Waals surface area contributed by atoms with E-state index in [0.717, 1.165) is 18.7 Å². The van der Waals surface area contributed by atoms with Gasteiger partial charge >= 0.3 is 0 Å². The van der Waals surface area contributed by atoms with Gasteiger partial charge in [-0.05, 0) is 40.9 Å². The molecular weight excluding hydrogens is 426 g/mol. The second kappa shape index (κ2) is 7.33. The number of halogens is 1. The van der Waals surface area contributed by atoms with Gasteiger partial charge in [-0.2, -0.15) is 0 Å². The molecular formula is C15H18BrN5O4S. The van der Waals surface area contributed by atoms with Crippen LogP contribution in [0.25, 0.3) is 0 Å². The average molecular weight is 444 g/mol. The number of benzene rings is 1. The van der Waals surface area contributed by atoms with E-state index in [-0.39, 0.29) is 20.7 Å². The van der Waals surface area contributed by atoms with Crippen molar-refractivity contribution < 1.29 is 17.9 Å². The number of ether oxygens (including phenoxy) is 1. The van der Waals surface area contributed by atoms with E-state index in [4.69, 9.17) is 9.88 Å². The first-order valence-electron chi connectivity index (χ1n) is 7.87. The van der Waals surface area contributed by atoms with Crippen molar-refractivity contribution in [3.8, 4) is 5.75 Å². The van der Waals surface area contributed by atoms with E-state index in [9.17, 15) is 13.2 Å². The summed E-state index contributed by atoms with van der Waals surface area (Å²) in [5.74, 6) is 1.17. The van der Waals surface area contributed by atoms with Crippen LogP contribution in [0.3, 0.4) is 0 Å². The fraction of sp³-hybridized carbons (Fsp3) is 0.400. The van der Waals surface area contributed by atoms with Crippen molar-refractivity contribution in [2.75, 3.05) is 13.7 Å². The van der Waals surface area contributed by atoms with Crippen LogP contribution in [0.1, 0.15) is 34.9 Å². The zero-order chi connectivity index (χ0) is 18.9. The van der Waals surface area contributed by atoms with E-state index in [1.165, 1.54) is 19.2 Å². The van der Waals surface area contributed by atoms with Crippen LogP contribution < -0.4 is 15.2 Å². The number of hydrogen-bond acceptors (Lipinski definition) is 6. The molecule has 3 N–H and O–H groups in total. The van der Waals surface area contributed by atoms with Crippen molar-refractivity contribution in [3.05, 3.63) is 34.3 Å². The first-order valence-corrected chi connectivity index (χ1v) is 10.2. The molecule has 1 aliphatic rings. The van der Waals surface area contributed by atoms with Crippen molar-refractivity contribution in [3.63, 3.8) is 0 Å². The number of amides is 1. The summed E-state index contributed by atoms with van der Waals surface area (Å²) in [4.78, 5) is 12.3. The monoisotopic (exact) mass is 443 g/mol. The molecule has 1 fully saturated rings. The molecule has 0 spiro atoms. The summed E-state index contributed by atoms with van der Waals surface area (Å²) in [6.07, 6.45) is 3.86. The maximum absolute atomic E-state index is 12.5. The number of nitrogens with one attached hydrogen (secondary N) is 1. The topological polar surface area (TPSA) is 129 Å². The zero-order valence-electron chi connectivity index (χ0n) is 14.0. The Kier molecular flexibility index (Phi) is 5.30. The highest BCUT2D eigenvalue weighted by Gasteiger charge is 2.28. The Morgan fingerprint density at radius 1 is 1.46 bits per heavy atom. The van der Waals surface area contributed by atoms with Crippen molar-refractivity contribution in [2.24, 2.45) is 5.14 Å². The number of carbonyl (C=O) groups is 1. The van der Waals surface area contributed by atoms with Crippen LogP contribution >= 0.6 is 15.9 Å². The van der Waals surface area contributed by atoms with Crippen LogP contribution in [0, 0.1) is 0 Å². The lowest BCUT2D eigenvalue weighted by atomic mass is 10.2. The van der Waals surface area contributed by atoms with Crippen LogP contribution in [0.5, 0.6) is 5.75 Å². The first-order chi connectivity index (χ1) is 12.3. The number of methoxy groups -OCH3 is 1. The molecule has 1 aromatic heterocycles. The van der Waals surface area contributed by atoms with E-state index >= 15 is 0 Å². The predicted molar refractivity (Wildman–Crippen MR) is 96.4 cm³/mol. The van der Waals surface area contributed by atoms with Gasteiger partial charge in [-0.3, -0.25) is 4.79 Å². The fourth-order valence-corrected chi connectivity index (χ4v) is 4.19. The highest BCUT2D eigenvalue weighted by Crippen LogP contribution is 2.38. The van der Waals surface area contributed by atoms with Crippen molar-refractivity contribution in [1.82, 2.24) is 20.1 Å². The van der Waals surface area contributed by atoms with E-state index in [2.05, 4.69) is 31.4 Å². The van der Waals surface area contributed by atoms with E-state index in [0.29, 0.717) is 19.0 Å². The van der Waals surface area contributed by atoms with Gasteiger partial charge in [0.05, 0.1) is 17.6 Å². The second-order valence-electron chi connectivity index (χ2n) is 5.94. The minimum absolute atomic E-state index is 0.0888. The quantitative estimate of drug-likeness (QED) is 0.656. The maximum Gasteiger partial charge on any atom is 0.255 e. The largest absolute Gasteiger partial charge is 0.496 e. The number of rotatable bonds is 7. The van der Waals surface area contributed by atoms with Gasteiger partial charge < -0.3 is 14.6 Å². The van der Waals surface area contributed by atoms with Gasteiger partial charge in [0.25, 0.3) is 5.91 Å². The van der Waals surface area contributed by atoms with Crippen molar-refractivity contribution in [1.29, 1.82) is 0 Å². The number of aromatic nitrogens is 3. The van der Waals surface area contributed by atoms with Crippen molar-refractivity contribution >= 4 is 31.9 Å². The van der Waals surface area contributed by atoms with Gasteiger partial charge in [-0.1, -0.05) is 0 Å². The SMILES string of the molecule is COc1cc(Br)c(S(N)(=O)=O)cc1C(=O)NCCn1cnnc1C1CC1. The lowest BCUT2D eigenvalue weighted by molar-refractivity contribution is 0.0949. The van der Waals surface area contributed by atoms with Gasteiger partial charge in [0, 0.05) is 23.5 Å². The maximum atomic E-state index is 12.5. The summed E-state index contributed by atoms with van der Waals surface area (Å²) < 4.78 is 30.6. The van der Waals surface area contributed by atoms with Gasteiger partial charge in [0.15, 0.2) is 0 Å². The average Bonchev–Trinajstić information content (AvgIpc) is 3.32. The standard InChI is InChI=1S/C15H18BrN5O4S/c1-25-12-7-11(16)13(26(17,23)24)6-10(12)15(22)18-4-5-21-8-19-20-14(21)9-2-3-9/h6-9H,2-5H2,1H3,(H,18,22)(H2,17,23,24). The molecule has 0 atom stereocenters. The smallest absolute Gasteiger partial charge is 0.255 e. The van der Waals surface area contributed by atoms with Crippen LogP contribution in [0.2, 0.25) is 0 Å². The Labute approximate surface area is 159 Å². The second-order valence-corrected chi connectivity index (χ2v) is 8.32. The first kappa shape index (κ1) is 18.8. The van der Waals surface area contributed by atoms with Crippen LogP contribution in [0.15, 0.2) is 27.8 Å². The third kappa shape index (κ3) is 4.05. The number of nitrogens with two attached hydrogens (primary N) is 1. The molecule has 1 saturated carbocycles. The molecule has 1 amide bonds. The van der Waals surface area contributed by atoms with Crippen LogP contribution in [-0.2, 0) is 16.6 Å². The van der Waals surface area contributed by atoms with Gasteiger partial charge in [-0.25, -0.2) is 13.6 Å². The summed E-state index contributed by atoms with van der Waals surface area (Å²) in [7, 11) is -2.58. The summed E-state index contributed by atoms with van der Waals surface area (Å²) in [5.41, 5.74) is 0.0888. The Morgan fingerprint density at radius 2 is 2.19 bits per heavy atom. The fourth-order valence-electron chi connectivity index (χ4n) is 2.58. The number of hydrogen-bond donors (Lipinski definition) is 2. The molecule has 2 aromatic rings. The van der Waals surface area contributed by atoms with Gasteiger partial charge in [0.1, 0.15) is 17.9 Å². The number of nitrogens with zero attached hydrogens (tertiary/aromatic N) is 3. The van der Waals surface area contributed by atoms with Crippen LogP contribution in [-0.4, -0.2) is 42.7 Å². The predicted octanol–water partition coefficient (Wildman–Crippen LogP) is 1.00. The summed E-state index contributed by atoms with van der Waals surface area (Å²) >= 11 is 3.13. The number of primary sulfonamides is 1. The Bertz CT molecular complexity index is 940. The van der Waals surface area contributed by atoms with Crippen LogP contribution in [0.4, 0.5) is 0 Å².